The van der Waals surface area contributed by atoms with Gasteiger partial charge < -0.3 is 10.1 Å². The van der Waals surface area contributed by atoms with Gasteiger partial charge in [-0.3, -0.25) is 0 Å². The molecule has 1 heterocycles. The summed E-state index contributed by atoms with van der Waals surface area (Å²) in [6.45, 7) is 4.57. The van der Waals surface area contributed by atoms with Crippen LogP contribution in [0.3, 0.4) is 0 Å². The van der Waals surface area contributed by atoms with E-state index < -0.39 is 6.36 Å². The lowest BCUT2D eigenvalue weighted by molar-refractivity contribution is -0.120. The van der Waals surface area contributed by atoms with E-state index in [0.717, 1.165) is 6.54 Å². The fraction of sp³-hybridized carbons (Fsp3) is 1.00. The summed E-state index contributed by atoms with van der Waals surface area (Å²) in [4.78, 5) is 0. The summed E-state index contributed by atoms with van der Waals surface area (Å²) in [5, 5.41) is 3.10. The van der Waals surface area contributed by atoms with E-state index in [1.54, 1.807) is 6.92 Å². The number of rotatable bonds is 3. The third kappa shape index (κ3) is 1.67. The summed E-state index contributed by atoms with van der Waals surface area (Å²) in [6.07, 6.45) is -0.534. The number of nitrogens with one attached hydrogen (secondary N) is 1. The minimum absolute atomic E-state index is 0.0925. The summed E-state index contributed by atoms with van der Waals surface area (Å²) in [7, 11) is 0. The number of halogens is 1. The fourth-order valence-electron chi connectivity index (χ4n) is 0.902. The molecule has 10 heavy (non-hydrogen) atoms. The lowest BCUT2D eigenvalue weighted by atomic mass is 10.1. The van der Waals surface area contributed by atoms with Gasteiger partial charge in [-0.25, -0.2) is 4.39 Å². The van der Waals surface area contributed by atoms with Crippen molar-refractivity contribution < 1.29 is 9.13 Å². The zero-order valence-electron chi connectivity index (χ0n) is 6.43. The van der Waals surface area contributed by atoms with Crippen molar-refractivity contribution in [2.24, 2.45) is 0 Å². The molecule has 1 saturated heterocycles. The van der Waals surface area contributed by atoms with E-state index in [1.165, 1.54) is 0 Å². The van der Waals surface area contributed by atoms with Crippen LogP contribution in [0, 0.1) is 0 Å². The average molecular weight is 147 g/mol. The second kappa shape index (κ2) is 3.30. The smallest absolute Gasteiger partial charge is 0.198 e. The number of hydrogen-bond acceptors (Lipinski definition) is 2. The van der Waals surface area contributed by atoms with Crippen LogP contribution in [0.5, 0.6) is 0 Å². The van der Waals surface area contributed by atoms with Gasteiger partial charge in [-0.1, -0.05) is 6.92 Å². The molecule has 3 heteroatoms. The van der Waals surface area contributed by atoms with Gasteiger partial charge in [0.2, 0.25) is 0 Å². The first kappa shape index (κ1) is 7.95. The first-order chi connectivity index (χ1) is 4.74. The Hall–Kier alpha value is -0.150. The molecule has 1 fully saturated rings. The lowest BCUT2D eigenvalue weighted by Crippen LogP contribution is -2.57. The Balaban J connectivity index is 2.12. The van der Waals surface area contributed by atoms with E-state index in [9.17, 15) is 4.39 Å². The highest BCUT2D eigenvalue weighted by Gasteiger charge is 2.28. The highest BCUT2D eigenvalue weighted by molar-refractivity contribution is 4.85. The predicted molar refractivity (Wildman–Crippen MR) is 37.5 cm³/mol. The van der Waals surface area contributed by atoms with E-state index in [2.05, 4.69) is 5.32 Å². The fourth-order valence-corrected chi connectivity index (χ4v) is 0.902. The summed E-state index contributed by atoms with van der Waals surface area (Å²) in [5.74, 6) is 0. The summed E-state index contributed by atoms with van der Waals surface area (Å²) in [5.41, 5.74) is 0. The third-order valence-corrected chi connectivity index (χ3v) is 1.84. The third-order valence-electron chi connectivity index (χ3n) is 1.84. The van der Waals surface area contributed by atoms with Crippen molar-refractivity contribution in [3.8, 4) is 0 Å². The van der Waals surface area contributed by atoms with Crippen LogP contribution < -0.4 is 5.32 Å². The highest BCUT2D eigenvalue weighted by Crippen LogP contribution is 2.12. The van der Waals surface area contributed by atoms with Crippen LogP contribution >= 0.6 is 0 Å². The zero-order valence-corrected chi connectivity index (χ0v) is 6.43. The molecule has 0 aromatic heterocycles. The highest BCUT2D eigenvalue weighted by atomic mass is 19.1. The standard InChI is InChI=1S/C7H14FNO/c1-3-7(8)10-6-4-9-5(6)2/h5-7,9H,3-4H2,1-2H3/t5?,6-,7?/m0/s1. The Morgan fingerprint density at radius 1 is 1.80 bits per heavy atom. The molecule has 1 N–H and O–H groups in total. The largest absolute Gasteiger partial charge is 0.342 e. The molecule has 0 bridgehead atoms. The minimum atomic E-state index is -1.07. The predicted octanol–water partition coefficient (Wildman–Crippen LogP) is 1.07. The SMILES string of the molecule is CCC(F)O[C@H]1CNC1C. The van der Waals surface area contributed by atoms with Crippen LogP contribution in [0.4, 0.5) is 4.39 Å². The maximum atomic E-state index is 12.5. The van der Waals surface area contributed by atoms with E-state index in [-0.39, 0.29) is 6.10 Å². The van der Waals surface area contributed by atoms with Crippen LogP contribution in [-0.4, -0.2) is 25.0 Å². The topological polar surface area (TPSA) is 21.3 Å². The van der Waals surface area contributed by atoms with E-state index in [4.69, 9.17) is 4.74 Å². The Labute approximate surface area is 60.8 Å². The molecule has 0 aliphatic carbocycles. The van der Waals surface area contributed by atoms with Gasteiger partial charge in [-0.15, -0.1) is 0 Å². The van der Waals surface area contributed by atoms with Crippen LogP contribution in [0.25, 0.3) is 0 Å². The van der Waals surface area contributed by atoms with Crippen molar-refractivity contribution in [1.29, 1.82) is 0 Å². The van der Waals surface area contributed by atoms with Crippen LogP contribution in [-0.2, 0) is 4.74 Å². The minimum Gasteiger partial charge on any atom is -0.342 e. The molecule has 0 aromatic carbocycles. The van der Waals surface area contributed by atoms with E-state index in [0.29, 0.717) is 12.5 Å². The molecule has 0 amide bonds. The molecule has 2 unspecified atom stereocenters. The quantitative estimate of drug-likeness (QED) is 0.644. The molecule has 1 rings (SSSR count). The summed E-state index contributed by atoms with van der Waals surface area (Å²) in [6, 6.07) is 0.324. The molecular formula is C7H14FNO. The molecule has 60 valence electrons. The molecule has 2 nitrogen and oxygen atoms in total. The molecular weight excluding hydrogens is 133 g/mol. The van der Waals surface area contributed by atoms with Crippen molar-refractivity contribution in [2.75, 3.05) is 6.54 Å². The molecule has 1 aliphatic rings. The first-order valence-electron chi connectivity index (χ1n) is 3.77. The van der Waals surface area contributed by atoms with Crippen molar-refractivity contribution >= 4 is 0 Å². The number of ether oxygens (including phenoxy) is 1. The maximum Gasteiger partial charge on any atom is 0.198 e. The van der Waals surface area contributed by atoms with E-state index in [1.807, 2.05) is 6.92 Å². The van der Waals surface area contributed by atoms with Gasteiger partial charge in [-0.2, -0.15) is 0 Å². The van der Waals surface area contributed by atoms with Gasteiger partial charge in [0.05, 0.1) is 6.10 Å². The van der Waals surface area contributed by atoms with Crippen molar-refractivity contribution in [2.45, 2.75) is 38.8 Å². The second-order valence-electron chi connectivity index (χ2n) is 2.69. The average Bonchev–Trinajstić information content (AvgIpc) is 1.96. The van der Waals surface area contributed by atoms with Crippen LogP contribution in [0.15, 0.2) is 0 Å². The maximum absolute atomic E-state index is 12.5. The van der Waals surface area contributed by atoms with Crippen LogP contribution in [0.2, 0.25) is 0 Å². The van der Waals surface area contributed by atoms with Gasteiger partial charge in [0.25, 0.3) is 0 Å². The Kier molecular flexibility index (Phi) is 2.63. The molecule has 1 aliphatic heterocycles. The normalized spacial score (nSPS) is 35.1. The Morgan fingerprint density at radius 2 is 2.50 bits per heavy atom. The summed E-state index contributed by atoms with van der Waals surface area (Å²) < 4.78 is 17.5. The van der Waals surface area contributed by atoms with Gasteiger partial charge in [-0.05, 0) is 6.92 Å². The number of hydrogen-bond donors (Lipinski definition) is 1. The molecule has 0 spiro atoms. The monoisotopic (exact) mass is 147 g/mol. The number of alkyl halides is 1. The van der Waals surface area contributed by atoms with Crippen molar-refractivity contribution in [3.63, 3.8) is 0 Å². The Bertz CT molecular complexity index is 110. The Morgan fingerprint density at radius 3 is 2.80 bits per heavy atom. The second-order valence-corrected chi connectivity index (χ2v) is 2.69. The van der Waals surface area contributed by atoms with Gasteiger partial charge in [0, 0.05) is 19.0 Å². The van der Waals surface area contributed by atoms with E-state index >= 15 is 0 Å². The zero-order chi connectivity index (χ0) is 7.56. The van der Waals surface area contributed by atoms with Gasteiger partial charge in [0.1, 0.15) is 0 Å². The lowest BCUT2D eigenvalue weighted by Gasteiger charge is -2.35. The molecule has 0 aromatic rings. The van der Waals surface area contributed by atoms with Gasteiger partial charge >= 0.3 is 0 Å². The van der Waals surface area contributed by atoms with Crippen molar-refractivity contribution in [1.82, 2.24) is 5.32 Å². The van der Waals surface area contributed by atoms with Crippen LogP contribution in [0.1, 0.15) is 20.3 Å². The molecule has 0 radical (unpaired) electrons. The summed E-state index contributed by atoms with van der Waals surface area (Å²) >= 11 is 0. The molecule has 0 saturated carbocycles. The first-order valence-corrected chi connectivity index (χ1v) is 3.77. The van der Waals surface area contributed by atoms with Gasteiger partial charge in [0.15, 0.2) is 6.36 Å². The van der Waals surface area contributed by atoms with Crippen molar-refractivity contribution in [3.05, 3.63) is 0 Å². The molecule has 3 atom stereocenters.